The Morgan fingerprint density at radius 1 is 1.05 bits per heavy atom. The topological polar surface area (TPSA) is 72.0 Å². The standard InChI is InChI=1S/C13H9F2N3O2S2/c14-11(15)12-16-17-13(21-12)18-22(19,20)10-7-3-5-8-4-1-2-6-9(8)10/h1-7,11H,(H,17,18). The van der Waals surface area contributed by atoms with Crippen LogP contribution in [-0.4, -0.2) is 18.6 Å². The van der Waals surface area contributed by atoms with Gasteiger partial charge in [0.25, 0.3) is 16.4 Å². The fraction of sp³-hybridized carbons (Fsp3) is 0.0769. The average Bonchev–Trinajstić information content (AvgIpc) is 2.94. The lowest BCUT2D eigenvalue weighted by molar-refractivity contribution is 0.150. The minimum absolute atomic E-state index is 0.0550. The van der Waals surface area contributed by atoms with Gasteiger partial charge in [0, 0.05) is 5.39 Å². The highest BCUT2D eigenvalue weighted by atomic mass is 32.2. The lowest BCUT2D eigenvalue weighted by Gasteiger charge is -2.08. The van der Waals surface area contributed by atoms with Gasteiger partial charge in [-0.25, -0.2) is 17.2 Å². The van der Waals surface area contributed by atoms with E-state index in [0.29, 0.717) is 16.7 Å². The normalized spacial score (nSPS) is 12.0. The van der Waals surface area contributed by atoms with E-state index in [4.69, 9.17) is 0 Å². The second-order valence-corrected chi connectivity index (χ2v) is 6.99. The van der Waals surface area contributed by atoms with Crippen LogP contribution in [0, 0.1) is 0 Å². The number of halogens is 2. The molecule has 2 aromatic carbocycles. The number of alkyl halides is 2. The van der Waals surface area contributed by atoms with Crippen LogP contribution in [-0.2, 0) is 10.0 Å². The average molecular weight is 341 g/mol. The summed E-state index contributed by atoms with van der Waals surface area (Å²) in [6.07, 6.45) is -2.78. The number of aromatic nitrogens is 2. The Kier molecular flexibility index (Phi) is 3.75. The van der Waals surface area contributed by atoms with Crippen molar-refractivity contribution in [1.82, 2.24) is 10.2 Å². The number of nitrogens with zero attached hydrogens (tertiary/aromatic N) is 2. The van der Waals surface area contributed by atoms with Crippen LogP contribution < -0.4 is 4.72 Å². The predicted octanol–water partition coefficient (Wildman–Crippen LogP) is 3.43. The Morgan fingerprint density at radius 3 is 2.50 bits per heavy atom. The molecular formula is C13H9F2N3O2S2. The van der Waals surface area contributed by atoms with Crippen LogP contribution >= 0.6 is 11.3 Å². The summed E-state index contributed by atoms with van der Waals surface area (Å²) in [7, 11) is -3.94. The number of benzene rings is 2. The number of anilines is 1. The molecule has 0 aliphatic carbocycles. The lowest BCUT2D eigenvalue weighted by Crippen LogP contribution is -2.13. The first-order valence-corrected chi connectivity index (χ1v) is 8.39. The molecule has 9 heteroatoms. The van der Waals surface area contributed by atoms with Crippen LogP contribution in [0.2, 0.25) is 0 Å². The third-order valence-electron chi connectivity index (χ3n) is 2.89. The summed E-state index contributed by atoms with van der Waals surface area (Å²) in [5.74, 6) is 0. The zero-order chi connectivity index (χ0) is 15.7. The number of fused-ring (bicyclic) bond motifs is 1. The van der Waals surface area contributed by atoms with Gasteiger partial charge >= 0.3 is 0 Å². The largest absolute Gasteiger partial charge is 0.291 e. The van der Waals surface area contributed by atoms with Gasteiger partial charge in [0.05, 0.1) is 4.90 Å². The molecule has 0 aliphatic rings. The Morgan fingerprint density at radius 2 is 1.77 bits per heavy atom. The lowest BCUT2D eigenvalue weighted by atomic mass is 10.1. The van der Waals surface area contributed by atoms with Gasteiger partial charge in [-0.2, -0.15) is 0 Å². The highest BCUT2D eigenvalue weighted by molar-refractivity contribution is 7.93. The Balaban J connectivity index is 2.01. The van der Waals surface area contributed by atoms with Crippen molar-refractivity contribution in [2.75, 3.05) is 4.72 Å². The zero-order valence-electron chi connectivity index (χ0n) is 10.9. The molecule has 0 spiro atoms. The van der Waals surface area contributed by atoms with E-state index in [2.05, 4.69) is 14.9 Å². The molecule has 22 heavy (non-hydrogen) atoms. The summed E-state index contributed by atoms with van der Waals surface area (Å²) in [5, 5.41) is 7.25. The number of hydrogen-bond acceptors (Lipinski definition) is 5. The Bertz CT molecular complexity index is 920. The molecule has 0 amide bonds. The van der Waals surface area contributed by atoms with Gasteiger partial charge in [-0.15, -0.1) is 10.2 Å². The maximum absolute atomic E-state index is 12.5. The fourth-order valence-corrected chi connectivity index (χ4v) is 4.02. The molecule has 1 aromatic heterocycles. The van der Waals surface area contributed by atoms with Crippen LogP contribution in [0.3, 0.4) is 0 Å². The first-order chi connectivity index (χ1) is 10.5. The number of nitrogens with one attached hydrogen (secondary N) is 1. The Labute approximate surface area is 128 Å². The first kappa shape index (κ1) is 14.8. The second kappa shape index (κ2) is 5.58. The number of rotatable bonds is 4. The van der Waals surface area contributed by atoms with E-state index in [1.807, 2.05) is 0 Å². The molecule has 114 valence electrons. The van der Waals surface area contributed by atoms with E-state index in [9.17, 15) is 17.2 Å². The maximum Gasteiger partial charge on any atom is 0.291 e. The van der Waals surface area contributed by atoms with Crippen molar-refractivity contribution in [3.63, 3.8) is 0 Å². The van der Waals surface area contributed by atoms with Gasteiger partial charge in [-0.05, 0) is 11.5 Å². The second-order valence-electron chi connectivity index (χ2n) is 4.33. The van der Waals surface area contributed by atoms with Crippen LogP contribution in [0.25, 0.3) is 10.8 Å². The van der Waals surface area contributed by atoms with Crippen LogP contribution in [0.4, 0.5) is 13.9 Å². The molecule has 0 saturated heterocycles. The molecule has 0 bridgehead atoms. The van der Waals surface area contributed by atoms with E-state index < -0.39 is 21.5 Å². The smallest absolute Gasteiger partial charge is 0.253 e. The number of hydrogen-bond donors (Lipinski definition) is 1. The van der Waals surface area contributed by atoms with Crippen LogP contribution in [0.15, 0.2) is 47.4 Å². The highest BCUT2D eigenvalue weighted by Crippen LogP contribution is 2.28. The molecule has 0 atom stereocenters. The monoisotopic (exact) mass is 341 g/mol. The summed E-state index contributed by atoms with van der Waals surface area (Å²) < 4.78 is 52.0. The molecule has 1 N–H and O–H groups in total. The van der Waals surface area contributed by atoms with E-state index in [0.717, 1.165) is 5.39 Å². The molecule has 3 aromatic rings. The highest BCUT2D eigenvalue weighted by Gasteiger charge is 2.21. The summed E-state index contributed by atoms with van der Waals surface area (Å²) in [4.78, 5) is 0.0550. The quantitative estimate of drug-likeness (QED) is 0.789. The van der Waals surface area contributed by atoms with E-state index in [1.54, 1.807) is 36.4 Å². The maximum atomic E-state index is 12.5. The summed E-state index contributed by atoms with van der Waals surface area (Å²) in [6, 6.07) is 11.8. The van der Waals surface area contributed by atoms with Crippen molar-refractivity contribution >= 4 is 37.3 Å². The number of sulfonamides is 1. The van der Waals surface area contributed by atoms with Gasteiger partial charge in [0.1, 0.15) is 0 Å². The van der Waals surface area contributed by atoms with E-state index >= 15 is 0 Å². The summed E-state index contributed by atoms with van der Waals surface area (Å²) in [6.45, 7) is 0. The SMILES string of the molecule is O=S(=O)(Nc1nnc(C(F)F)s1)c1cccc2ccccc12. The van der Waals surface area contributed by atoms with E-state index in [-0.39, 0.29) is 10.0 Å². The molecule has 1 heterocycles. The zero-order valence-corrected chi connectivity index (χ0v) is 12.5. The molecule has 5 nitrogen and oxygen atoms in total. The van der Waals surface area contributed by atoms with Crippen LogP contribution in [0.1, 0.15) is 11.4 Å². The third kappa shape index (κ3) is 2.77. The molecule has 0 saturated carbocycles. The molecule has 0 radical (unpaired) electrons. The van der Waals surface area contributed by atoms with Crippen molar-refractivity contribution in [1.29, 1.82) is 0 Å². The van der Waals surface area contributed by atoms with Crippen molar-refractivity contribution < 1.29 is 17.2 Å². The minimum atomic E-state index is -3.94. The van der Waals surface area contributed by atoms with Gasteiger partial charge in [0.15, 0.2) is 5.01 Å². The van der Waals surface area contributed by atoms with Crippen molar-refractivity contribution in [2.24, 2.45) is 0 Å². The molecule has 0 fully saturated rings. The predicted molar refractivity (Wildman–Crippen MR) is 79.6 cm³/mol. The van der Waals surface area contributed by atoms with Gasteiger partial charge < -0.3 is 0 Å². The van der Waals surface area contributed by atoms with Crippen molar-refractivity contribution in [2.45, 2.75) is 11.3 Å². The van der Waals surface area contributed by atoms with Crippen molar-refractivity contribution in [3.05, 3.63) is 47.5 Å². The third-order valence-corrected chi connectivity index (χ3v) is 5.26. The molecule has 0 aliphatic heterocycles. The first-order valence-electron chi connectivity index (χ1n) is 6.09. The van der Waals surface area contributed by atoms with Crippen molar-refractivity contribution in [3.8, 4) is 0 Å². The molecular weight excluding hydrogens is 332 g/mol. The van der Waals surface area contributed by atoms with Gasteiger partial charge in [0.2, 0.25) is 5.13 Å². The van der Waals surface area contributed by atoms with Gasteiger partial charge in [-0.1, -0.05) is 47.7 Å². The Hall–Kier alpha value is -2.13. The fourth-order valence-electron chi connectivity index (χ4n) is 1.96. The van der Waals surface area contributed by atoms with Crippen LogP contribution in [0.5, 0.6) is 0 Å². The molecule has 3 rings (SSSR count). The van der Waals surface area contributed by atoms with E-state index in [1.165, 1.54) is 6.07 Å². The van der Waals surface area contributed by atoms with Gasteiger partial charge in [-0.3, -0.25) is 4.72 Å². The summed E-state index contributed by atoms with van der Waals surface area (Å²) in [5.41, 5.74) is 0. The summed E-state index contributed by atoms with van der Waals surface area (Å²) >= 11 is 0.505. The minimum Gasteiger partial charge on any atom is -0.253 e. The molecule has 0 unspecified atom stereocenters.